The highest BCUT2D eigenvalue weighted by Crippen LogP contribution is 2.23. The number of carbonyl (C=O) groups excluding carboxylic acids is 1. The first-order valence-corrected chi connectivity index (χ1v) is 13.9. The largest absolute Gasteiger partial charge is 0.381 e. The number of rotatable bonds is 7. The number of fused-ring (bicyclic) bond motifs is 1. The Bertz CT molecular complexity index is 1410. The second-order valence-corrected chi connectivity index (χ2v) is 11.5. The first-order valence-electron chi connectivity index (χ1n) is 11.4. The maximum absolute atomic E-state index is 12.9. The molecule has 0 unspecified atom stereocenters. The van der Waals surface area contributed by atoms with E-state index in [-0.39, 0.29) is 23.1 Å². The fourth-order valence-electron chi connectivity index (χ4n) is 4.39. The number of anilines is 1. The summed E-state index contributed by atoms with van der Waals surface area (Å²) < 4.78 is 27.2. The number of thiazole rings is 1. The van der Waals surface area contributed by atoms with Crippen LogP contribution in [0.4, 0.5) is 5.69 Å². The van der Waals surface area contributed by atoms with E-state index in [4.69, 9.17) is 0 Å². The number of aromatic nitrogens is 2. The van der Waals surface area contributed by atoms with Gasteiger partial charge in [0, 0.05) is 55.2 Å². The molecule has 0 aliphatic carbocycles. The number of nitrogens with zero attached hydrogens (tertiary/aromatic N) is 4. The van der Waals surface area contributed by atoms with Crippen molar-refractivity contribution in [2.45, 2.75) is 23.3 Å². The Morgan fingerprint density at radius 2 is 1.77 bits per heavy atom. The molecule has 8 nitrogen and oxygen atoms in total. The highest BCUT2D eigenvalue weighted by atomic mass is 32.2. The van der Waals surface area contributed by atoms with Gasteiger partial charge in [-0.05, 0) is 41.8 Å². The average molecular weight is 511 g/mol. The fraction of sp³-hybridized carbons (Fsp3) is 0.280. The van der Waals surface area contributed by atoms with Crippen LogP contribution in [0.2, 0.25) is 0 Å². The van der Waals surface area contributed by atoms with Gasteiger partial charge in [0.2, 0.25) is 0 Å². The summed E-state index contributed by atoms with van der Waals surface area (Å²) in [6.07, 6.45) is 2.38. The minimum absolute atomic E-state index is 0.105. The minimum Gasteiger partial charge on any atom is -0.381 e. The number of amides is 1. The Labute approximate surface area is 208 Å². The number of aliphatic hydroxyl groups excluding tert-OH is 1. The van der Waals surface area contributed by atoms with Crippen LogP contribution >= 0.6 is 11.3 Å². The Hall–Kier alpha value is -3.21. The molecule has 5 rings (SSSR count). The summed E-state index contributed by atoms with van der Waals surface area (Å²) in [5, 5.41) is 14.0. The second-order valence-electron chi connectivity index (χ2n) is 8.53. The second kappa shape index (κ2) is 9.80. The van der Waals surface area contributed by atoms with Gasteiger partial charge in [0.1, 0.15) is 10.8 Å². The van der Waals surface area contributed by atoms with Crippen LogP contribution in [0.15, 0.2) is 77.3 Å². The number of para-hydroxylation sites is 1. The predicted molar refractivity (Wildman–Crippen MR) is 136 cm³/mol. The molecule has 0 saturated carbocycles. The van der Waals surface area contributed by atoms with Crippen LogP contribution in [0.25, 0.3) is 10.9 Å². The van der Waals surface area contributed by atoms with Crippen molar-refractivity contribution in [2.24, 2.45) is 0 Å². The van der Waals surface area contributed by atoms with Crippen LogP contribution in [0.1, 0.15) is 5.01 Å². The molecule has 2 aromatic heterocycles. The molecule has 2 aromatic carbocycles. The summed E-state index contributed by atoms with van der Waals surface area (Å²) in [7, 11) is -3.45. The lowest BCUT2D eigenvalue weighted by Gasteiger charge is -2.37. The molecule has 1 atom stereocenters. The smallest absolute Gasteiger partial charge is 0.253 e. The third-order valence-electron chi connectivity index (χ3n) is 6.28. The first kappa shape index (κ1) is 23.5. The molecule has 3 heterocycles. The first-order chi connectivity index (χ1) is 16.9. The quantitative estimate of drug-likeness (QED) is 0.411. The number of sulfone groups is 1. The van der Waals surface area contributed by atoms with Crippen LogP contribution in [0.3, 0.4) is 0 Å². The molecular weight excluding hydrogens is 484 g/mol. The van der Waals surface area contributed by atoms with E-state index in [1.807, 2.05) is 41.1 Å². The van der Waals surface area contributed by atoms with Crippen LogP contribution in [-0.4, -0.2) is 66.2 Å². The fourth-order valence-corrected chi connectivity index (χ4v) is 6.65. The summed E-state index contributed by atoms with van der Waals surface area (Å²) in [4.78, 5) is 21.0. The molecule has 35 heavy (non-hydrogen) atoms. The van der Waals surface area contributed by atoms with Gasteiger partial charge in [0.25, 0.3) is 5.91 Å². The SMILES string of the molecule is O=C([C@H](O)Cn1ccc2ccccc21)N1CCN(c2ccc(S(=O)(=O)Cc3nccs3)cc2)CC1. The average Bonchev–Trinajstić information content (AvgIpc) is 3.53. The highest BCUT2D eigenvalue weighted by molar-refractivity contribution is 7.90. The predicted octanol–water partition coefficient (Wildman–Crippen LogP) is 2.78. The van der Waals surface area contributed by atoms with E-state index in [1.54, 1.807) is 40.7 Å². The van der Waals surface area contributed by atoms with Crippen LogP contribution in [-0.2, 0) is 26.9 Å². The topological polar surface area (TPSA) is 95.7 Å². The van der Waals surface area contributed by atoms with Crippen molar-refractivity contribution in [3.63, 3.8) is 0 Å². The normalized spacial score (nSPS) is 15.5. The van der Waals surface area contributed by atoms with Gasteiger partial charge in [-0.2, -0.15) is 0 Å². The highest BCUT2D eigenvalue weighted by Gasteiger charge is 2.27. The Morgan fingerprint density at radius 1 is 1.03 bits per heavy atom. The Morgan fingerprint density at radius 3 is 2.49 bits per heavy atom. The maximum atomic E-state index is 12.9. The summed E-state index contributed by atoms with van der Waals surface area (Å²) in [6, 6.07) is 16.7. The van der Waals surface area contributed by atoms with Crippen molar-refractivity contribution in [3.05, 3.63) is 77.4 Å². The van der Waals surface area contributed by atoms with Gasteiger partial charge in [-0.3, -0.25) is 4.79 Å². The molecule has 1 fully saturated rings. The van der Waals surface area contributed by atoms with Gasteiger partial charge in [0.05, 0.1) is 11.4 Å². The van der Waals surface area contributed by atoms with Crippen molar-refractivity contribution < 1.29 is 18.3 Å². The molecule has 1 aliphatic heterocycles. The third-order valence-corrected chi connectivity index (χ3v) is 8.89. The molecule has 1 N–H and O–H groups in total. The zero-order valence-electron chi connectivity index (χ0n) is 19.0. The number of benzene rings is 2. The van der Waals surface area contributed by atoms with Gasteiger partial charge < -0.3 is 19.5 Å². The minimum atomic E-state index is -3.45. The molecule has 182 valence electrons. The molecule has 1 amide bonds. The van der Waals surface area contributed by atoms with Crippen molar-refractivity contribution in [2.75, 3.05) is 31.1 Å². The molecular formula is C25H26N4O4S2. The molecule has 0 radical (unpaired) electrons. The van der Waals surface area contributed by atoms with Crippen LogP contribution in [0.5, 0.6) is 0 Å². The summed E-state index contributed by atoms with van der Waals surface area (Å²) in [5.41, 5.74) is 1.89. The number of hydrogen-bond acceptors (Lipinski definition) is 7. The van der Waals surface area contributed by atoms with E-state index in [1.165, 1.54) is 11.3 Å². The van der Waals surface area contributed by atoms with Gasteiger partial charge in [-0.25, -0.2) is 13.4 Å². The Kier molecular flexibility index (Phi) is 6.59. The number of aliphatic hydroxyl groups is 1. The molecule has 0 spiro atoms. The van der Waals surface area contributed by atoms with E-state index in [0.717, 1.165) is 16.6 Å². The van der Waals surface area contributed by atoms with Gasteiger partial charge >= 0.3 is 0 Å². The lowest BCUT2D eigenvalue weighted by atomic mass is 10.2. The summed E-state index contributed by atoms with van der Waals surface area (Å²) in [5.74, 6) is -0.377. The molecule has 1 saturated heterocycles. The van der Waals surface area contributed by atoms with E-state index >= 15 is 0 Å². The molecule has 1 aliphatic rings. The van der Waals surface area contributed by atoms with Crippen molar-refractivity contribution in [3.8, 4) is 0 Å². The molecule has 4 aromatic rings. The summed E-state index contributed by atoms with van der Waals surface area (Å²) >= 11 is 1.33. The lowest BCUT2D eigenvalue weighted by molar-refractivity contribution is -0.141. The standard InChI is InChI=1S/C25H26N4O4S2/c30-23(17-29-11-9-19-3-1-2-4-22(19)29)25(31)28-14-12-27(13-15-28)20-5-7-21(8-6-20)35(32,33)18-24-26-10-16-34-24/h1-11,16,23,30H,12-15,17-18H2/t23-/m1/s1. The van der Waals surface area contributed by atoms with Crippen LogP contribution in [0, 0.1) is 0 Å². The maximum Gasteiger partial charge on any atom is 0.253 e. The Balaban J connectivity index is 1.17. The van der Waals surface area contributed by atoms with E-state index < -0.39 is 15.9 Å². The molecule has 0 bridgehead atoms. The number of carbonyl (C=O) groups is 1. The summed E-state index contributed by atoms with van der Waals surface area (Å²) in [6.45, 7) is 2.41. The van der Waals surface area contributed by atoms with Crippen molar-refractivity contribution >= 4 is 43.7 Å². The zero-order valence-corrected chi connectivity index (χ0v) is 20.7. The van der Waals surface area contributed by atoms with Gasteiger partial charge in [0.15, 0.2) is 15.9 Å². The van der Waals surface area contributed by atoms with Gasteiger partial charge in [-0.15, -0.1) is 11.3 Å². The van der Waals surface area contributed by atoms with E-state index in [0.29, 0.717) is 31.2 Å². The molecule has 10 heteroatoms. The van der Waals surface area contributed by atoms with Crippen molar-refractivity contribution in [1.82, 2.24) is 14.5 Å². The third kappa shape index (κ3) is 5.09. The van der Waals surface area contributed by atoms with Gasteiger partial charge in [-0.1, -0.05) is 18.2 Å². The van der Waals surface area contributed by atoms with E-state index in [2.05, 4.69) is 9.88 Å². The monoisotopic (exact) mass is 510 g/mol. The number of piperazine rings is 1. The zero-order chi connectivity index (χ0) is 24.4. The van der Waals surface area contributed by atoms with Crippen LogP contribution < -0.4 is 4.90 Å². The van der Waals surface area contributed by atoms with E-state index in [9.17, 15) is 18.3 Å². The number of hydrogen-bond donors (Lipinski definition) is 1. The van der Waals surface area contributed by atoms with Crippen molar-refractivity contribution in [1.29, 1.82) is 0 Å². The lowest BCUT2D eigenvalue weighted by Crippen LogP contribution is -2.52.